The molecule has 9 heteroatoms. The predicted octanol–water partition coefficient (Wildman–Crippen LogP) is 4.00. The summed E-state index contributed by atoms with van der Waals surface area (Å²) < 4.78 is 7.34. The van der Waals surface area contributed by atoms with Gasteiger partial charge in [-0.3, -0.25) is 9.79 Å². The van der Waals surface area contributed by atoms with Crippen molar-refractivity contribution in [3.05, 3.63) is 72.7 Å². The topological polar surface area (TPSA) is 87.7 Å². The Kier molecular flexibility index (Phi) is 8.32. The largest absolute Gasteiger partial charge is 0.459 e. The maximum atomic E-state index is 12.2. The number of imidazole rings is 1. The molecular weight excluding hydrogens is 519 g/mol. The Balaban J connectivity index is 0.00000289. The van der Waals surface area contributed by atoms with Gasteiger partial charge >= 0.3 is 0 Å². The first kappa shape index (κ1) is 23.8. The highest BCUT2D eigenvalue weighted by atomic mass is 127. The number of nitrogens with zero attached hydrogens (tertiary/aromatic N) is 4. The van der Waals surface area contributed by atoms with Crippen LogP contribution in [0.3, 0.4) is 0 Å². The van der Waals surface area contributed by atoms with Crippen molar-refractivity contribution in [2.45, 2.75) is 25.9 Å². The summed E-state index contributed by atoms with van der Waals surface area (Å²) in [6, 6.07) is 11.5. The fourth-order valence-corrected chi connectivity index (χ4v) is 3.97. The first-order valence-corrected chi connectivity index (χ1v) is 10.5. The maximum Gasteiger partial charge on any atom is 0.291 e. The Morgan fingerprint density at radius 3 is 2.91 bits per heavy atom. The summed E-state index contributed by atoms with van der Waals surface area (Å²) in [6.45, 7) is 4.75. The van der Waals surface area contributed by atoms with Crippen LogP contribution < -0.4 is 10.6 Å². The average molecular weight is 548 g/mol. The number of carbonyl (C=O) groups excluding carboxylic acids is 1. The number of rotatable bonds is 5. The van der Waals surface area contributed by atoms with Gasteiger partial charge in [0.05, 0.1) is 18.6 Å². The Morgan fingerprint density at radius 2 is 2.19 bits per heavy atom. The molecule has 8 nitrogen and oxygen atoms in total. The van der Waals surface area contributed by atoms with E-state index in [0.29, 0.717) is 18.5 Å². The zero-order chi connectivity index (χ0) is 21.6. The van der Waals surface area contributed by atoms with Gasteiger partial charge in [0.25, 0.3) is 5.91 Å². The third kappa shape index (κ3) is 5.70. The van der Waals surface area contributed by atoms with Crippen molar-refractivity contribution < 1.29 is 9.21 Å². The number of furan rings is 1. The summed E-state index contributed by atoms with van der Waals surface area (Å²) in [4.78, 5) is 23.2. The SMILES string of the molecule is CN=C(NCc1cccc(NC(=O)c2ccco2)c1)N1CCC(C)C(n2ccnc2)C1.I. The number of halogens is 1. The van der Waals surface area contributed by atoms with E-state index in [9.17, 15) is 4.79 Å². The Hall–Kier alpha value is -2.82. The highest BCUT2D eigenvalue weighted by molar-refractivity contribution is 14.0. The molecule has 0 radical (unpaired) electrons. The summed E-state index contributed by atoms with van der Waals surface area (Å²) >= 11 is 0. The second-order valence-electron chi connectivity index (χ2n) is 7.82. The molecule has 1 aliphatic heterocycles. The minimum atomic E-state index is -0.265. The second-order valence-corrected chi connectivity index (χ2v) is 7.82. The van der Waals surface area contributed by atoms with E-state index in [0.717, 1.165) is 36.7 Å². The lowest BCUT2D eigenvalue weighted by molar-refractivity contribution is 0.0996. The van der Waals surface area contributed by atoms with Gasteiger partial charge in [0.15, 0.2) is 11.7 Å². The van der Waals surface area contributed by atoms with Crippen molar-refractivity contribution in [3.63, 3.8) is 0 Å². The molecule has 4 rings (SSSR count). The Labute approximate surface area is 205 Å². The van der Waals surface area contributed by atoms with Gasteiger partial charge in [-0.25, -0.2) is 4.98 Å². The number of hydrogen-bond donors (Lipinski definition) is 2. The van der Waals surface area contributed by atoms with Crippen LogP contribution in [0.5, 0.6) is 0 Å². The van der Waals surface area contributed by atoms with Gasteiger partial charge in [-0.05, 0) is 42.2 Å². The lowest BCUT2D eigenvalue weighted by atomic mass is 9.93. The number of aromatic nitrogens is 2. The van der Waals surface area contributed by atoms with Crippen LogP contribution in [0.25, 0.3) is 0 Å². The van der Waals surface area contributed by atoms with Crippen LogP contribution in [0.1, 0.15) is 35.5 Å². The Bertz CT molecular complexity index is 1020. The van der Waals surface area contributed by atoms with Crippen molar-refractivity contribution >= 4 is 41.5 Å². The van der Waals surface area contributed by atoms with E-state index in [-0.39, 0.29) is 35.6 Å². The lowest BCUT2D eigenvalue weighted by Gasteiger charge is -2.39. The number of aliphatic imine (C=N–C) groups is 1. The molecule has 2 unspecified atom stereocenters. The molecule has 32 heavy (non-hydrogen) atoms. The number of carbonyl (C=O) groups is 1. The van der Waals surface area contributed by atoms with Crippen LogP contribution in [0, 0.1) is 5.92 Å². The van der Waals surface area contributed by atoms with E-state index in [1.807, 2.05) is 50.0 Å². The minimum Gasteiger partial charge on any atom is -0.459 e. The van der Waals surface area contributed by atoms with E-state index >= 15 is 0 Å². The zero-order valence-electron chi connectivity index (χ0n) is 18.3. The number of hydrogen-bond acceptors (Lipinski definition) is 4. The molecular formula is C23H29IN6O2. The molecule has 1 fully saturated rings. The van der Waals surface area contributed by atoms with Crippen LogP contribution in [0.2, 0.25) is 0 Å². The summed E-state index contributed by atoms with van der Waals surface area (Å²) in [5.41, 5.74) is 1.78. The van der Waals surface area contributed by atoms with Crippen LogP contribution in [-0.4, -0.2) is 46.5 Å². The van der Waals surface area contributed by atoms with E-state index in [4.69, 9.17) is 4.42 Å². The number of piperidine rings is 1. The van der Waals surface area contributed by atoms with E-state index < -0.39 is 0 Å². The molecule has 1 aliphatic rings. The first-order valence-electron chi connectivity index (χ1n) is 10.5. The van der Waals surface area contributed by atoms with Crippen LogP contribution >= 0.6 is 24.0 Å². The fraction of sp³-hybridized carbons (Fsp3) is 0.348. The van der Waals surface area contributed by atoms with Gasteiger partial charge in [-0.2, -0.15) is 0 Å². The zero-order valence-corrected chi connectivity index (χ0v) is 20.6. The molecule has 1 aromatic carbocycles. The number of benzene rings is 1. The molecule has 0 aliphatic carbocycles. The highest BCUT2D eigenvalue weighted by Gasteiger charge is 2.28. The molecule has 0 bridgehead atoms. The monoisotopic (exact) mass is 548 g/mol. The Morgan fingerprint density at radius 1 is 1.31 bits per heavy atom. The first-order chi connectivity index (χ1) is 15.1. The molecule has 2 N–H and O–H groups in total. The lowest BCUT2D eigenvalue weighted by Crippen LogP contribution is -2.48. The van der Waals surface area contributed by atoms with E-state index in [1.54, 1.807) is 12.1 Å². The third-order valence-corrected chi connectivity index (χ3v) is 5.72. The minimum absolute atomic E-state index is 0. The maximum absolute atomic E-state index is 12.2. The van der Waals surface area contributed by atoms with Crippen LogP contribution in [0.15, 0.2) is 70.8 Å². The van der Waals surface area contributed by atoms with Crippen molar-refractivity contribution in [1.29, 1.82) is 0 Å². The van der Waals surface area contributed by atoms with Crippen molar-refractivity contribution in [3.8, 4) is 0 Å². The molecule has 2 atom stereocenters. The molecule has 0 saturated carbocycles. The average Bonchev–Trinajstić information content (AvgIpc) is 3.50. The van der Waals surface area contributed by atoms with Crippen molar-refractivity contribution in [1.82, 2.24) is 19.8 Å². The van der Waals surface area contributed by atoms with E-state index in [1.165, 1.54) is 6.26 Å². The highest BCUT2D eigenvalue weighted by Crippen LogP contribution is 2.27. The molecule has 1 amide bonds. The van der Waals surface area contributed by atoms with Gasteiger partial charge in [0.2, 0.25) is 0 Å². The normalized spacial score (nSPS) is 18.7. The fourth-order valence-electron chi connectivity index (χ4n) is 3.97. The summed E-state index contributed by atoms with van der Waals surface area (Å²) in [7, 11) is 1.81. The number of nitrogens with one attached hydrogen (secondary N) is 2. The number of likely N-dealkylation sites (tertiary alicyclic amines) is 1. The van der Waals surface area contributed by atoms with Gasteiger partial charge in [0, 0.05) is 44.8 Å². The number of anilines is 1. The van der Waals surface area contributed by atoms with Crippen molar-refractivity contribution in [2.24, 2.45) is 10.9 Å². The predicted molar refractivity (Wildman–Crippen MR) is 135 cm³/mol. The van der Waals surface area contributed by atoms with Gasteiger partial charge in [0.1, 0.15) is 0 Å². The van der Waals surface area contributed by atoms with E-state index in [2.05, 4.69) is 37.0 Å². The molecule has 170 valence electrons. The van der Waals surface area contributed by atoms with Gasteiger partial charge < -0.3 is 24.5 Å². The molecule has 3 heterocycles. The molecule has 3 aromatic rings. The van der Waals surface area contributed by atoms with Gasteiger partial charge in [-0.15, -0.1) is 24.0 Å². The second kappa shape index (κ2) is 11.2. The molecule has 1 saturated heterocycles. The third-order valence-electron chi connectivity index (χ3n) is 5.72. The summed E-state index contributed by atoms with van der Waals surface area (Å²) in [5.74, 6) is 1.48. The standard InChI is InChI=1S/C23H28N6O2.HI/c1-17-8-10-28(15-20(17)29-11-9-25-16-29)23(24-2)26-14-18-5-3-6-19(13-18)27-22(30)21-7-4-12-31-21;/h3-7,9,11-13,16-17,20H,8,10,14-15H2,1-2H3,(H,24,26)(H,27,30);1H. The smallest absolute Gasteiger partial charge is 0.291 e. The molecule has 0 spiro atoms. The van der Waals surface area contributed by atoms with Crippen molar-refractivity contribution in [2.75, 3.05) is 25.5 Å². The summed E-state index contributed by atoms with van der Waals surface area (Å²) in [5, 5.41) is 6.33. The quantitative estimate of drug-likeness (QED) is 0.286. The van der Waals surface area contributed by atoms with Crippen LogP contribution in [0.4, 0.5) is 5.69 Å². The van der Waals surface area contributed by atoms with Gasteiger partial charge in [-0.1, -0.05) is 19.1 Å². The number of amides is 1. The van der Waals surface area contributed by atoms with Crippen LogP contribution in [-0.2, 0) is 6.54 Å². The molecule has 2 aromatic heterocycles. The number of guanidine groups is 1. The summed E-state index contributed by atoms with van der Waals surface area (Å²) in [6.07, 6.45) is 8.33.